The van der Waals surface area contributed by atoms with Gasteiger partial charge < -0.3 is 5.32 Å². The Morgan fingerprint density at radius 1 is 1.26 bits per heavy atom. The lowest BCUT2D eigenvalue weighted by atomic mass is 10.3. The molecule has 1 aromatic carbocycles. The molecule has 0 bridgehead atoms. The average Bonchev–Trinajstić information content (AvgIpc) is 2.57. The maximum absolute atomic E-state index is 12.9. The van der Waals surface area contributed by atoms with Crippen LogP contribution in [0.15, 0.2) is 23.1 Å². The molecule has 0 unspecified atom stereocenters. The standard InChI is InChI=1S/C11H14ClFN2O2S.ClH/c12-10-8-9(13)2-3-11(10)18(16,17)15-6-1-4-14-5-7-15;/h2-3,8,14H,1,4-7H2;1H. The second kappa shape index (κ2) is 6.85. The Labute approximate surface area is 123 Å². The van der Waals surface area contributed by atoms with Crippen LogP contribution in [0.2, 0.25) is 5.02 Å². The molecule has 1 heterocycles. The molecule has 19 heavy (non-hydrogen) atoms. The lowest BCUT2D eigenvalue weighted by Gasteiger charge is -2.20. The molecule has 8 heteroatoms. The van der Waals surface area contributed by atoms with Gasteiger partial charge in [0.25, 0.3) is 0 Å². The van der Waals surface area contributed by atoms with Gasteiger partial charge in [0, 0.05) is 19.6 Å². The lowest BCUT2D eigenvalue weighted by molar-refractivity contribution is 0.432. The average molecular weight is 329 g/mol. The highest BCUT2D eigenvalue weighted by Gasteiger charge is 2.27. The summed E-state index contributed by atoms with van der Waals surface area (Å²) in [6.45, 7) is 2.25. The van der Waals surface area contributed by atoms with Crippen LogP contribution >= 0.6 is 24.0 Å². The fourth-order valence-corrected chi connectivity index (χ4v) is 3.87. The molecule has 1 N–H and O–H groups in total. The summed E-state index contributed by atoms with van der Waals surface area (Å²) in [6, 6.07) is 3.34. The van der Waals surface area contributed by atoms with E-state index in [9.17, 15) is 12.8 Å². The van der Waals surface area contributed by atoms with Gasteiger partial charge in [-0.15, -0.1) is 12.4 Å². The molecule has 1 aromatic rings. The van der Waals surface area contributed by atoms with Crippen molar-refractivity contribution in [2.75, 3.05) is 26.2 Å². The van der Waals surface area contributed by atoms with Gasteiger partial charge in [-0.2, -0.15) is 4.31 Å². The molecule has 1 aliphatic heterocycles. The number of benzene rings is 1. The minimum absolute atomic E-state index is 0. The van der Waals surface area contributed by atoms with Crippen LogP contribution in [0.5, 0.6) is 0 Å². The third-order valence-corrected chi connectivity index (χ3v) is 5.19. The molecule has 0 aliphatic carbocycles. The Bertz CT molecular complexity index is 531. The fraction of sp³-hybridized carbons (Fsp3) is 0.455. The molecule has 2 rings (SSSR count). The van der Waals surface area contributed by atoms with Gasteiger partial charge in [-0.05, 0) is 31.2 Å². The summed E-state index contributed by atoms with van der Waals surface area (Å²) >= 11 is 5.81. The van der Waals surface area contributed by atoms with Crippen molar-refractivity contribution in [2.24, 2.45) is 0 Å². The molecule has 0 amide bonds. The van der Waals surface area contributed by atoms with E-state index >= 15 is 0 Å². The van der Waals surface area contributed by atoms with Crippen molar-refractivity contribution in [3.63, 3.8) is 0 Å². The van der Waals surface area contributed by atoms with Crippen LogP contribution in [0.3, 0.4) is 0 Å². The zero-order valence-electron chi connectivity index (χ0n) is 10.1. The summed E-state index contributed by atoms with van der Waals surface area (Å²) in [4.78, 5) is -0.0348. The van der Waals surface area contributed by atoms with Crippen LogP contribution in [-0.2, 0) is 10.0 Å². The SMILES string of the molecule is Cl.O=S(=O)(c1ccc(F)cc1Cl)N1CCCNCC1. The fourth-order valence-electron chi connectivity index (χ4n) is 1.88. The van der Waals surface area contributed by atoms with Gasteiger partial charge in [0.1, 0.15) is 10.7 Å². The maximum atomic E-state index is 12.9. The first-order chi connectivity index (χ1) is 8.51. The monoisotopic (exact) mass is 328 g/mol. The minimum Gasteiger partial charge on any atom is -0.315 e. The Kier molecular flexibility index (Phi) is 6.01. The highest BCUT2D eigenvalue weighted by molar-refractivity contribution is 7.89. The van der Waals surface area contributed by atoms with E-state index < -0.39 is 15.8 Å². The predicted octanol–water partition coefficient (Wildman–Crippen LogP) is 1.88. The Hall–Kier alpha value is -0.400. The van der Waals surface area contributed by atoms with Crippen LogP contribution in [-0.4, -0.2) is 38.9 Å². The second-order valence-corrected chi connectivity index (χ2v) is 6.40. The van der Waals surface area contributed by atoms with E-state index in [0.29, 0.717) is 19.6 Å². The number of nitrogens with zero attached hydrogens (tertiary/aromatic N) is 1. The molecule has 1 saturated heterocycles. The van der Waals surface area contributed by atoms with Crippen LogP contribution in [0.4, 0.5) is 4.39 Å². The Morgan fingerprint density at radius 2 is 2.00 bits per heavy atom. The van der Waals surface area contributed by atoms with Gasteiger partial charge in [-0.3, -0.25) is 0 Å². The molecule has 108 valence electrons. The molecular formula is C11H15Cl2FN2O2S. The smallest absolute Gasteiger partial charge is 0.244 e. The summed E-state index contributed by atoms with van der Waals surface area (Å²) in [5.41, 5.74) is 0. The Balaban J connectivity index is 0.00000180. The van der Waals surface area contributed by atoms with E-state index in [0.717, 1.165) is 25.1 Å². The summed E-state index contributed by atoms with van der Waals surface area (Å²) < 4.78 is 39.0. The number of hydrogen-bond donors (Lipinski definition) is 1. The first-order valence-corrected chi connectivity index (χ1v) is 7.49. The number of hydrogen-bond acceptors (Lipinski definition) is 3. The molecule has 0 saturated carbocycles. The predicted molar refractivity (Wildman–Crippen MR) is 74.9 cm³/mol. The van der Waals surface area contributed by atoms with E-state index in [2.05, 4.69) is 5.32 Å². The molecule has 0 spiro atoms. The van der Waals surface area contributed by atoms with Gasteiger partial charge in [0.05, 0.1) is 5.02 Å². The molecule has 0 aromatic heterocycles. The molecule has 1 aliphatic rings. The highest BCUT2D eigenvalue weighted by Crippen LogP contribution is 2.25. The zero-order valence-corrected chi connectivity index (χ0v) is 12.5. The van der Waals surface area contributed by atoms with Gasteiger partial charge in [-0.1, -0.05) is 11.6 Å². The third kappa shape index (κ3) is 3.79. The van der Waals surface area contributed by atoms with E-state index in [1.807, 2.05) is 0 Å². The number of nitrogens with one attached hydrogen (secondary N) is 1. The topological polar surface area (TPSA) is 49.4 Å². The number of rotatable bonds is 2. The van der Waals surface area contributed by atoms with Crippen LogP contribution in [0, 0.1) is 5.82 Å². The molecule has 0 atom stereocenters. The first kappa shape index (κ1) is 16.7. The molecule has 1 fully saturated rings. The summed E-state index contributed by atoms with van der Waals surface area (Å²) in [5, 5.41) is 3.05. The second-order valence-electron chi connectivity index (χ2n) is 4.08. The maximum Gasteiger partial charge on any atom is 0.244 e. The molecular weight excluding hydrogens is 314 g/mol. The largest absolute Gasteiger partial charge is 0.315 e. The molecule has 4 nitrogen and oxygen atoms in total. The Morgan fingerprint density at radius 3 is 2.68 bits per heavy atom. The summed E-state index contributed by atoms with van der Waals surface area (Å²) in [5.74, 6) is -0.545. The van der Waals surface area contributed by atoms with E-state index in [4.69, 9.17) is 11.6 Å². The number of halogens is 3. The van der Waals surface area contributed by atoms with Crippen LogP contribution in [0.25, 0.3) is 0 Å². The van der Waals surface area contributed by atoms with Gasteiger partial charge in [0.15, 0.2) is 0 Å². The number of sulfonamides is 1. The van der Waals surface area contributed by atoms with Crippen LogP contribution in [0.1, 0.15) is 6.42 Å². The third-order valence-electron chi connectivity index (χ3n) is 2.81. The summed E-state index contributed by atoms with van der Waals surface area (Å²) in [7, 11) is -3.64. The zero-order chi connectivity index (χ0) is 13.2. The normalized spacial score (nSPS) is 17.6. The minimum atomic E-state index is -3.64. The van der Waals surface area contributed by atoms with Crippen molar-refractivity contribution in [1.29, 1.82) is 0 Å². The van der Waals surface area contributed by atoms with Gasteiger partial charge in [0.2, 0.25) is 10.0 Å². The summed E-state index contributed by atoms with van der Waals surface area (Å²) in [6.07, 6.45) is 0.748. The van der Waals surface area contributed by atoms with E-state index in [1.54, 1.807) is 0 Å². The lowest BCUT2D eigenvalue weighted by Crippen LogP contribution is -2.34. The van der Waals surface area contributed by atoms with Crippen molar-refractivity contribution in [3.8, 4) is 0 Å². The van der Waals surface area contributed by atoms with E-state index in [1.165, 1.54) is 10.4 Å². The van der Waals surface area contributed by atoms with Gasteiger partial charge >= 0.3 is 0 Å². The first-order valence-electron chi connectivity index (χ1n) is 5.68. The van der Waals surface area contributed by atoms with Crippen molar-refractivity contribution in [3.05, 3.63) is 29.0 Å². The molecule has 0 radical (unpaired) electrons. The van der Waals surface area contributed by atoms with E-state index in [-0.39, 0.29) is 22.3 Å². The van der Waals surface area contributed by atoms with Crippen molar-refractivity contribution >= 4 is 34.0 Å². The van der Waals surface area contributed by atoms with Gasteiger partial charge in [-0.25, -0.2) is 12.8 Å². The van der Waals surface area contributed by atoms with Crippen LogP contribution < -0.4 is 5.32 Å². The highest BCUT2D eigenvalue weighted by atomic mass is 35.5. The van der Waals surface area contributed by atoms with Crippen molar-refractivity contribution in [2.45, 2.75) is 11.3 Å². The quantitative estimate of drug-likeness (QED) is 0.901. The van der Waals surface area contributed by atoms with Crippen molar-refractivity contribution in [1.82, 2.24) is 9.62 Å². The van der Waals surface area contributed by atoms with Crippen molar-refractivity contribution < 1.29 is 12.8 Å².